The number of pyridine rings is 1. The summed E-state index contributed by atoms with van der Waals surface area (Å²) in [5.74, 6) is 0.339. The molecule has 0 fully saturated rings. The van der Waals surface area contributed by atoms with Crippen molar-refractivity contribution < 1.29 is 14.3 Å². The van der Waals surface area contributed by atoms with Crippen LogP contribution in [0.25, 0.3) is 0 Å². The minimum atomic E-state index is -0.830. The maximum atomic E-state index is 13.2. The minimum Gasteiger partial charge on any atom is -0.493 e. The fraction of sp³-hybridized carbons (Fsp3) is 0.345. The van der Waals surface area contributed by atoms with Crippen LogP contribution in [0.5, 0.6) is 5.75 Å². The zero-order valence-electron chi connectivity index (χ0n) is 20.7. The molecule has 0 saturated heterocycles. The third kappa shape index (κ3) is 7.95. The molecule has 0 aliphatic heterocycles. The number of nitrogens with one attached hydrogen (secondary N) is 2. The molecule has 0 radical (unpaired) electrons. The van der Waals surface area contributed by atoms with Gasteiger partial charge in [0.05, 0.1) is 12.5 Å². The number of amides is 2. The number of carbonyl (C=O) groups excluding carboxylic acids is 2. The largest absolute Gasteiger partial charge is 0.493 e. The normalized spacial score (nSPS) is 13.3. The second-order valence-corrected chi connectivity index (χ2v) is 8.92. The first-order valence-corrected chi connectivity index (χ1v) is 12.2. The zero-order chi connectivity index (χ0) is 25.0. The van der Waals surface area contributed by atoms with Crippen molar-refractivity contribution in [3.63, 3.8) is 0 Å². The summed E-state index contributed by atoms with van der Waals surface area (Å²) >= 11 is 0. The molecule has 6 heteroatoms. The van der Waals surface area contributed by atoms with E-state index in [0.717, 1.165) is 29.7 Å². The first-order valence-electron chi connectivity index (χ1n) is 12.2. The monoisotopic (exact) mass is 473 g/mol. The van der Waals surface area contributed by atoms with Crippen molar-refractivity contribution >= 4 is 11.8 Å². The Hall–Kier alpha value is -3.67. The summed E-state index contributed by atoms with van der Waals surface area (Å²) in [6.07, 6.45) is 5.61. The Labute approximate surface area is 208 Å². The van der Waals surface area contributed by atoms with Crippen LogP contribution in [0.3, 0.4) is 0 Å². The molecule has 0 aliphatic rings. The lowest BCUT2D eigenvalue weighted by Gasteiger charge is -2.22. The fourth-order valence-corrected chi connectivity index (χ4v) is 3.82. The quantitative estimate of drug-likeness (QED) is 0.380. The molecule has 1 aromatic heterocycles. The molecular formula is C29H35N3O3. The third-order valence-corrected chi connectivity index (χ3v) is 5.99. The maximum Gasteiger partial charge on any atom is 0.247 e. The number of rotatable bonds is 12. The molecule has 0 saturated carbocycles. The first kappa shape index (κ1) is 25.9. The van der Waals surface area contributed by atoms with Crippen molar-refractivity contribution in [2.24, 2.45) is 5.92 Å². The predicted molar refractivity (Wildman–Crippen MR) is 138 cm³/mol. The van der Waals surface area contributed by atoms with E-state index in [2.05, 4.69) is 29.5 Å². The molecular weight excluding hydrogens is 438 g/mol. The number of aromatic nitrogens is 1. The predicted octanol–water partition coefficient (Wildman–Crippen LogP) is 5.17. The SMILES string of the molecule is CCCC(C)COc1ccc([C@@H](NC(=O)[C@@H](C)c2ccccc2)C(=O)NCc2ccncc2)cc1. The van der Waals surface area contributed by atoms with E-state index in [1.54, 1.807) is 12.4 Å². The van der Waals surface area contributed by atoms with Gasteiger partial charge < -0.3 is 15.4 Å². The molecule has 2 amide bonds. The van der Waals surface area contributed by atoms with Crippen LogP contribution in [0.15, 0.2) is 79.1 Å². The number of nitrogens with zero attached hydrogens (tertiary/aromatic N) is 1. The van der Waals surface area contributed by atoms with E-state index in [0.29, 0.717) is 24.6 Å². The lowest BCUT2D eigenvalue weighted by molar-refractivity contribution is -0.129. The van der Waals surface area contributed by atoms with E-state index in [1.165, 1.54) is 0 Å². The lowest BCUT2D eigenvalue weighted by atomic mass is 9.98. The van der Waals surface area contributed by atoms with Crippen LogP contribution in [0, 0.1) is 5.92 Å². The van der Waals surface area contributed by atoms with Crippen LogP contribution in [0.2, 0.25) is 0 Å². The van der Waals surface area contributed by atoms with Gasteiger partial charge in [0.15, 0.2) is 0 Å². The Morgan fingerprint density at radius 1 is 0.886 bits per heavy atom. The highest BCUT2D eigenvalue weighted by Gasteiger charge is 2.25. The standard InChI is InChI=1S/C29H35N3O3/c1-4-8-21(2)20-35-26-13-11-25(12-14-26)27(29(34)31-19-23-15-17-30-18-16-23)32-28(33)22(3)24-9-6-5-7-10-24/h5-7,9-18,21-22,27H,4,8,19-20H2,1-3H3,(H,31,34)(H,32,33)/t21?,22-,27+/m0/s1. The highest BCUT2D eigenvalue weighted by molar-refractivity contribution is 5.91. The Balaban J connectivity index is 1.73. The summed E-state index contributed by atoms with van der Waals surface area (Å²) in [6.45, 7) is 7.17. The Kier molecular flexibility index (Phi) is 9.84. The van der Waals surface area contributed by atoms with Crippen LogP contribution in [0.4, 0.5) is 0 Å². The summed E-state index contributed by atoms with van der Waals surface area (Å²) < 4.78 is 5.90. The summed E-state index contributed by atoms with van der Waals surface area (Å²) in [7, 11) is 0. The molecule has 1 unspecified atom stereocenters. The van der Waals surface area contributed by atoms with Crippen LogP contribution in [-0.2, 0) is 16.1 Å². The Bertz CT molecular complexity index is 1060. The van der Waals surface area contributed by atoms with E-state index in [-0.39, 0.29) is 11.8 Å². The van der Waals surface area contributed by atoms with Gasteiger partial charge in [0.1, 0.15) is 11.8 Å². The van der Waals surface area contributed by atoms with Gasteiger partial charge in [-0.3, -0.25) is 14.6 Å². The molecule has 1 heterocycles. The highest BCUT2D eigenvalue weighted by atomic mass is 16.5. The fourth-order valence-electron chi connectivity index (χ4n) is 3.82. The van der Waals surface area contributed by atoms with Crippen molar-refractivity contribution in [2.45, 2.75) is 52.1 Å². The van der Waals surface area contributed by atoms with E-state index < -0.39 is 12.0 Å². The van der Waals surface area contributed by atoms with Gasteiger partial charge in [0.2, 0.25) is 11.8 Å². The van der Waals surface area contributed by atoms with Gasteiger partial charge >= 0.3 is 0 Å². The molecule has 3 aromatic rings. The van der Waals surface area contributed by atoms with Crippen LogP contribution in [0.1, 0.15) is 62.3 Å². The van der Waals surface area contributed by atoms with Crippen molar-refractivity contribution in [3.8, 4) is 5.75 Å². The van der Waals surface area contributed by atoms with Crippen molar-refractivity contribution in [3.05, 3.63) is 95.8 Å². The molecule has 3 rings (SSSR count). The average molecular weight is 474 g/mol. The van der Waals surface area contributed by atoms with Crippen molar-refractivity contribution in [1.29, 1.82) is 0 Å². The number of ether oxygens (including phenoxy) is 1. The number of benzene rings is 2. The molecule has 2 aromatic carbocycles. The van der Waals surface area contributed by atoms with E-state index in [1.807, 2.05) is 73.7 Å². The Morgan fingerprint density at radius 3 is 2.23 bits per heavy atom. The molecule has 0 aliphatic carbocycles. The van der Waals surface area contributed by atoms with E-state index >= 15 is 0 Å². The summed E-state index contributed by atoms with van der Waals surface area (Å²) in [5, 5.41) is 5.89. The number of hydrogen-bond donors (Lipinski definition) is 2. The minimum absolute atomic E-state index is 0.214. The maximum absolute atomic E-state index is 13.2. The average Bonchev–Trinajstić information content (AvgIpc) is 2.90. The molecule has 6 nitrogen and oxygen atoms in total. The van der Waals surface area contributed by atoms with Gasteiger partial charge in [0.25, 0.3) is 0 Å². The molecule has 35 heavy (non-hydrogen) atoms. The zero-order valence-corrected chi connectivity index (χ0v) is 20.7. The summed E-state index contributed by atoms with van der Waals surface area (Å²) in [4.78, 5) is 30.3. The summed E-state index contributed by atoms with van der Waals surface area (Å²) in [6, 6.07) is 19.8. The Morgan fingerprint density at radius 2 is 1.57 bits per heavy atom. The van der Waals surface area contributed by atoms with Crippen LogP contribution >= 0.6 is 0 Å². The van der Waals surface area contributed by atoms with E-state index in [4.69, 9.17) is 4.74 Å². The van der Waals surface area contributed by atoms with Gasteiger partial charge in [-0.25, -0.2) is 0 Å². The number of hydrogen-bond acceptors (Lipinski definition) is 4. The number of carbonyl (C=O) groups is 2. The van der Waals surface area contributed by atoms with Crippen molar-refractivity contribution in [1.82, 2.24) is 15.6 Å². The van der Waals surface area contributed by atoms with Gasteiger partial charge in [-0.2, -0.15) is 0 Å². The van der Waals surface area contributed by atoms with E-state index in [9.17, 15) is 9.59 Å². The van der Waals surface area contributed by atoms with Gasteiger partial charge in [-0.15, -0.1) is 0 Å². The van der Waals surface area contributed by atoms with Gasteiger partial charge in [-0.1, -0.05) is 62.7 Å². The smallest absolute Gasteiger partial charge is 0.247 e. The lowest BCUT2D eigenvalue weighted by Crippen LogP contribution is -2.41. The van der Waals surface area contributed by atoms with Crippen molar-refractivity contribution in [2.75, 3.05) is 6.61 Å². The molecule has 184 valence electrons. The molecule has 3 atom stereocenters. The van der Waals surface area contributed by atoms with Gasteiger partial charge in [-0.05, 0) is 60.2 Å². The molecule has 0 spiro atoms. The summed E-state index contributed by atoms with van der Waals surface area (Å²) in [5.41, 5.74) is 2.52. The third-order valence-electron chi connectivity index (χ3n) is 5.99. The second kappa shape index (κ2) is 13.3. The first-order chi connectivity index (χ1) is 17.0. The second-order valence-electron chi connectivity index (χ2n) is 8.92. The highest BCUT2D eigenvalue weighted by Crippen LogP contribution is 2.22. The molecule has 0 bridgehead atoms. The molecule has 2 N–H and O–H groups in total. The van der Waals surface area contributed by atoms with Gasteiger partial charge in [0, 0.05) is 18.9 Å². The van der Waals surface area contributed by atoms with Crippen LogP contribution in [-0.4, -0.2) is 23.4 Å². The topological polar surface area (TPSA) is 80.3 Å². The van der Waals surface area contributed by atoms with Crippen LogP contribution < -0.4 is 15.4 Å².